The van der Waals surface area contributed by atoms with Crippen LogP contribution in [0.2, 0.25) is 0 Å². The fourth-order valence-electron chi connectivity index (χ4n) is 1.90. The standard InChI is InChI=1S/C19H21BrN2O3/c1-2-3-12-24-16-10-8-15(9-11-16)13-21-22-19(23)14-25-18-7-5-4-6-17(18)20/h4-11,13H,2-3,12,14H2,1H3,(H,22,23)/b21-13+. The highest BCUT2D eigenvalue weighted by Gasteiger charge is 2.03. The van der Waals surface area contributed by atoms with Gasteiger partial charge in [0.1, 0.15) is 11.5 Å². The average molecular weight is 405 g/mol. The van der Waals surface area contributed by atoms with Crippen LogP contribution in [0.15, 0.2) is 58.1 Å². The number of para-hydroxylation sites is 1. The van der Waals surface area contributed by atoms with Crippen LogP contribution in [0.25, 0.3) is 0 Å². The fourth-order valence-corrected chi connectivity index (χ4v) is 2.30. The molecule has 0 heterocycles. The first-order chi connectivity index (χ1) is 12.2. The number of rotatable bonds is 9. The van der Waals surface area contributed by atoms with E-state index in [9.17, 15) is 4.79 Å². The molecule has 2 aromatic rings. The minimum absolute atomic E-state index is 0.107. The van der Waals surface area contributed by atoms with Crippen LogP contribution in [0.1, 0.15) is 25.3 Å². The van der Waals surface area contributed by atoms with Gasteiger partial charge in [-0.1, -0.05) is 25.5 Å². The van der Waals surface area contributed by atoms with Gasteiger partial charge >= 0.3 is 0 Å². The topological polar surface area (TPSA) is 59.9 Å². The summed E-state index contributed by atoms with van der Waals surface area (Å²) in [5.41, 5.74) is 3.31. The number of hydrogen-bond donors (Lipinski definition) is 1. The Morgan fingerprint density at radius 1 is 1.16 bits per heavy atom. The molecular weight excluding hydrogens is 384 g/mol. The van der Waals surface area contributed by atoms with Crippen LogP contribution in [0, 0.1) is 0 Å². The summed E-state index contributed by atoms with van der Waals surface area (Å²) < 4.78 is 11.8. The van der Waals surface area contributed by atoms with Crippen molar-refractivity contribution in [1.82, 2.24) is 5.43 Å². The third-order valence-corrected chi connectivity index (χ3v) is 3.90. The van der Waals surface area contributed by atoms with Crippen molar-refractivity contribution >= 4 is 28.1 Å². The highest BCUT2D eigenvalue weighted by atomic mass is 79.9. The van der Waals surface area contributed by atoms with E-state index in [0.29, 0.717) is 5.75 Å². The number of carbonyl (C=O) groups excluding carboxylic acids is 1. The van der Waals surface area contributed by atoms with Crippen LogP contribution in [-0.4, -0.2) is 25.3 Å². The number of nitrogens with one attached hydrogen (secondary N) is 1. The zero-order chi connectivity index (χ0) is 17.9. The maximum absolute atomic E-state index is 11.7. The number of benzene rings is 2. The summed E-state index contributed by atoms with van der Waals surface area (Å²) in [5, 5.41) is 3.92. The van der Waals surface area contributed by atoms with Gasteiger partial charge in [0.25, 0.3) is 5.91 Å². The molecule has 0 saturated carbocycles. The highest BCUT2D eigenvalue weighted by molar-refractivity contribution is 9.10. The molecule has 0 aliphatic heterocycles. The van der Waals surface area contributed by atoms with Crippen molar-refractivity contribution in [2.24, 2.45) is 5.10 Å². The van der Waals surface area contributed by atoms with Gasteiger partial charge in [-0.15, -0.1) is 0 Å². The van der Waals surface area contributed by atoms with Gasteiger partial charge in [0.2, 0.25) is 0 Å². The van der Waals surface area contributed by atoms with Crippen LogP contribution < -0.4 is 14.9 Å². The lowest BCUT2D eigenvalue weighted by Gasteiger charge is -2.06. The molecular formula is C19H21BrN2O3. The molecule has 0 aliphatic carbocycles. The molecule has 0 radical (unpaired) electrons. The number of amides is 1. The first kappa shape index (κ1) is 19.0. The van der Waals surface area contributed by atoms with E-state index in [-0.39, 0.29) is 12.5 Å². The van der Waals surface area contributed by atoms with Gasteiger partial charge in [-0.2, -0.15) is 5.10 Å². The van der Waals surface area contributed by atoms with E-state index in [4.69, 9.17) is 9.47 Å². The lowest BCUT2D eigenvalue weighted by molar-refractivity contribution is -0.123. The Labute approximate surface area is 156 Å². The molecule has 0 fully saturated rings. The Balaban J connectivity index is 1.74. The largest absolute Gasteiger partial charge is 0.494 e. The molecule has 0 aliphatic rings. The molecule has 1 amide bonds. The summed E-state index contributed by atoms with van der Waals surface area (Å²) in [5.74, 6) is 1.11. The molecule has 0 bridgehead atoms. The fraction of sp³-hybridized carbons (Fsp3) is 0.263. The van der Waals surface area contributed by atoms with Crippen LogP contribution in [0.4, 0.5) is 0 Å². The van der Waals surface area contributed by atoms with Crippen molar-refractivity contribution < 1.29 is 14.3 Å². The van der Waals surface area contributed by atoms with Crippen molar-refractivity contribution in [2.75, 3.05) is 13.2 Å². The molecule has 0 unspecified atom stereocenters. The van der Waals surface area contributed by atoms with Gasteiger partial charge in [0.15, 0.2) is 6.61 Å². The Kier molecular flexibility index (Phi) is 7.98. The molecule has 25 heavy (non-hydrogen) atoms. The maximum Gasteiger partial charge on any atom is 0.277 e. The third kappa shape index (κ3) is 6.97. The van der Waals surface area contributed by atoms with Crippen LogP contribution in [0.5, 0.6) is 11.5 Å². The molecule has 132 valence electrons. The second-order valence-electron chi connectivity index (χ2n) is 5.28. The summed E-state index contributed by atoms with van der Waals surface area (Å²) in [6.07, 6.45) is 3.72. The number of carbonyl (C=O) groups is 1. The number of hydrogen-bond acceptors (Lipinski definition) is 4. The quantitative estimate of drug-likeness (QED) is 0.387. The van der Waals surface area contributed by atoms with E-state index >= 15 is 0 Å². The zero-order valence-corrected chi connectivity index (χ0v) is 15.7. The molecule has 0 atom stereocenters. The van der Waals surface area contributed by atoms with Gasteiger partial charge in [-0.3, -0.25) is 4.79 Å². The Morgan fingerprint density at radius 2 is 1.92 bits per heavy atom. The van der Waals surface area contributed by atoms with Crippen molar-refractivity contribution in [2.45, 2.75) is 19.8 Å². The van der Waals surface area contributed by atoms with Gasteiger partial charge in [-0.25, -0.2) is 5.43 Å². The molecule has 1 N–H and O–H groups in total. The number of ether oxygens (including phenoxy) is 2. The maximum atomic E-state index is 11.7. The summed E-state index contributed by atoms with van der Waals surface area (Å²) in [6, 6.07) is 14.9. The van der Waals surface area contributed by atoms with Crippen LogP contribution in [-0.2, 0) is 4.79 Å². The van der Waals surface area contributed by atoms with Crippen LogP contribution in [0.3, 0.4) is 0 Å². The molecule has 0 spiro atoms. The van der Waals surface area contributed by atoms with Crippen molar-refractivity contribution in [3.05, 3.63) is 58.6 Å². The summed E-state index contributed by atoms with van der Waals surface area (Å²) in [6.45, 7) is 2.74. The van der Waals surface area contributed by atoms with Gasteiger partial charge in [0.05, 0.1) is 17.3 Å². The lowest BCUT2D eigenvalue weighted by atomic mass is 10.2. The van der Waals surface area contributed by atoms with E-state index in [0.717, 1.165) is 35.2 Å². The highest BCUT2D eigenvalue weighted by Crippen LogP contribution is 2.23. The van der Waals surface area contributed by atoms with Crippen molar-refractivity contribution in [3.63, 3.8) is 0 Å². The van der Waals surface area contributed by atoms with E-state index in [1.54, 1.807) is 12.3 Å². The monoisotopic (exact) mass is 404 g/mol. The number of halogens is 1. The molecule has 0 saturated heterocycles. The van der Waals surface area contributed by atoms with E-state index in [1.807, 2.05) is 42.5 Å². The number of hydrazone groups is 1. The molecule has 5 nitrogen and oxygen atoms in total. The average Bonchev–Trinajstić information content (AvgIpc) is 2.62. The minimum Gasteiger partial charge on any atom is -0.494 e. The Hall–Kier alpha value is -2.34. The van der Waals surface area contributed by atoms with E-state index in [2.05, 4.69) is 33.4 Å². The van der Waals surface area contributed by atoms with Gasteiger partial charge in [-0.05, 0) is 64.3 Å². The molecule has 2 rings (SSSR count). The first-order valence-corrected chi connectivity index (χ1v) is 8.90. The summed E-state index contributed by atoms with van der Waals surface area (Å²) in [7, 11) is 0. The van der Waals surface area contributed by atoms with E-state index in [1.165, 1.54) is 0 Å². The SMILES string of the molecule is CCCCOc1ccc(/C=N/NC(=O)COc2ccccc2Br)cc1. The lowest BCUT2D eigenvalue weighted by Crippen LogP contribution is -2.24. The van der Waals surface area contributed by atoms with E-state index < -0.39 is 0 Å². The normalized spacial score (nSPS) is 10.6. The second kappa shape index (κ2) is 10.5. The first-order valence-electron chi connectivity index (χ1n) is 8.11. The number of unbranched alkanes of at least 4 members (excludes halogenated alkanes) is 1. The van der Waals surface area contributed by atoms with Gasteiger partial charge < -0.3 is 9.47 Å². The molecule has 6 heteroatoms. The second-order valence-corrected chi connectivity index (χ2v) is 6.14. The Morgan fingerprint density at radius 3 is 2.64 bits per heavy atom. The van der Waals surface area contributed by atoms with Crippen molar-refractivity contribution in [1.29, 1.82) is 0 Å². The zero-order valence-electron chi connectivity index (χ0n) is 14.1. The van der Waals surface area contributed by atoms with Gasteiger partial charge in [0, 0.05) is 0 Å². The minimum atomic E-state index is -0.327. The number of nitrogens with zero attached hydrogens (tertiary/aromatic N) is 1. The third-order valence-electron chi connectivity index (χ3n) is 3.25. The van der Waals surface area contributed by atoms with Crippen LogP contribution >= 0.6 is 15.9 Å². The smallest absolute Gasteiger partial charge is 0.277 e. The summed E-state index contributed by atoms with van der Waals surface area (Å²) in [4.78, 5) is 11.7. The molecule has 0 aromatic heterocycles. The predicted octanol–water partition coefficient (Wildman–Crippen LogP) is 4.16. The van der Waals surface area contributed by atoms with Crippen molar-refractivity contribution in [3.8, 4) is 11.5 Å². The molecule has 2 aromatic carbocycles. The summed E-state index contributed by atoms with van der Waals surface area (Å²) >= 11 is 3.36. The predicted molar refractivity (Wildman–Crippen MR) is 102 cm³/mol. The Bertz CT molecular complexity index is 702.